The Bertz CT molecular complexity index is 1300. The summed E-state index contributed by atoms with van der Waals surface area (Å²) in [7, 11) is 0. The van der Waals surface area contributed by atoms with Gasteiger partial charge in [0.25, 0.3) is 11.1 Å². The van der Waals surface area contributed by atoms with E-state index < -0.39 is 0 Å². The topological polar surface area (TPSA) is 80.6 Å². The first kappa shape index (κ1) is 22.9. The second kappa shape index (κ2) is 9.77. The molecule has 2 aliphatic heterocycles. The van der Waals surface area contributed by atoms with Crippen LogP contribution in [0.2, 0.25) is 0 Å². The van der Waals surface area contributed by atoms with Crippen LogP contribution in [0.25, 0.3) is 17.0 Å². The van der Waals surface area contributed by atoms with E-state index in [4.69, 9.17) is 4.74 Å². The summed E-state index contributed by atoms with van der Waals surface area (Å²) in [6.45, 7) is 1.39. The van der Waals surface area contributed by atoms with Crippen LogP contribution in [0.15, 0.2) is 64.1 Å². The molecule has 2 fully saturated rings. The second-order valence-corrected chi connectivity index (χ2v) is 10.1. The molecule has 3 heterocycles. The summed E-state index contributed by atoms with van der Waals surface area (Å²) in [6, 6.07) is 14.7. The molecule has 1 aromatic heterocycles. The average Bonchev–Trinajstić information content (AvgIpc) is 3.53. The number of nitrogens with zero attached hydrogens (tertiary/aromatic N) is 2. The smallest absolute Gasteiger partial charge is 0.298 e. The third-order valence-electron chi connectivity index (χ3n) is 5.83. The fourth-order valence-corrected chi connectivity index (χ4v) is 5.39. The summed E-state index contributed by atoms with van der Waals surface area (Å²) in [4.78, 5) is 39.8. The maximum absolute atomic E-state index is 13.0. The maximum atomic E-state index is 13.0. The number of thioether (sulfide) groups is 1. The van der Waals surface area contributed by atoms with E-state index in [1.807, 2.05) is 35.0 Å². The molecule has 2 saturated heterocycles. The highest BCUT2D eigenvalue weighted by Gasteiger charge is 2.36. The quantitative estimate of drug-likeness (QED) is 0.448. The molecule has 0 spiro atoms. The van der Waals surface area contributed by atoms with Crippen LogP contribution in [0.3, 0.4) is 0 Å². The molecule has 0 bridgehead atoms. The first-order valence-electron chi connectivity index (χ1n) is 11.0. The number of aromatic nitrogens is 1. The van der Waals surface area contributed by atoms with Crippen LogP contribution < -0.4 is 10.2 Å². The van der Waals surface area contributed by atoms with Crippen molar-refractivity contribution in [2.45, 2.75) is 25.5 Å². The molecule has 1 N–H and O–H groups in total. The van der Waals surface area contributed by atoms with E-state index in [0.717, 1.165) is 52.1 Å². The predicted molar refractivity (Wildman–Crippen MR) is 137 cm³/mol. The molecule has 0 radical (unpaired) electrons. The molecular formula is C25H22BrN3O4S. The summed E-state index contributed by atoms with van der Waals surface area (Å²) in [6.07, 6.45) is 5.64. The van der Waals surface area contributed by atoms with Gasteiger partial charge in [-0.05, 0) is 61.0 Å². The number of imide groups is 1. The lowest BCUT2D eigenvalue weighted by Gasteiger charge is -2.11. The van der Waals surface area contributed by atoms with Crippen LogP contribution in [0.5, 0.6) is 0 Å². The zero-order valence-electron chi connectivity index (χ0n) is 18.2. The minimum absolute atomic E-state index is 0.0807. The number of hydrogen-bond acceptors (Lipinski definition) is 5. The minimum Gasteiger partial charge on any atom is -0.376 e. The standard InChI is InChI=1S/C25H22BrN3O4S/c26-17-8-9-21-20(12-17)16(14-28(21)15-23(30)27-13-19-7-4-10-33-19)11-22-24(31)29(25(32)34-22)18-5-2-1-3-6-18/h1-3,5-6,8-9,11-12,14,19H,4,7,10,13,15H2,(H,27,30)/b22-11-/t19-/m1/s1. The lowest BCUT2D eigenvalue weighted by Crippen LogP contribution is -2.34. The van der Waals surface area contributed by atoms with Crippen molar-refractivity contribution in [1.29, 1.82) is 0 Å². The Balaban J connectivity index is 1.41. The number of carbonyl (C=O) groups excluding carboxylic acids is 3. The highest BCUT2D eigenvalue weighted by molar-refractivity contribution is 9.10. The van der Waals surface area contributed by atoms with Gasteiger partial charge in [-0.2, -0.15) is 0 Å². The van der Waals surface area contributed by atoms with Crippen LogP contribution in [0.1, 0.15) is 18.4 Å². The Hall–Kier alpha value is -2.88. The number of amides is 3. The number of nitrogens with one attached hydrogen (secondary N) is 1. The Morgan fingerprint density at radius 3 is 2.79 bits per heavy atom. The Morgan fingerprint density at radius 1 is 1.21 bits per heavy atom. The largest absolute Gasteiger partial charge is 0.376 e. The van der Waals surface area contributed by atoms with Gasteiger partial charge in [0, 0.05) is 40.3 Å². The van der Waals surface area contributed by atoms with Crippen molar-refractivity contribution in [3.63, 3.8) is 0 Å². The number of carbonyl (C=O) groups is 3. The molecule has 2 aliphatic rings. The van der Waals surface area contributed by atoms with E-state index in [0.29, 0.717) is 17.1 Å². The highest BCUT2D eigenvalue weighted by atomic mass is 79.9. The molecule has 174 valence electrons. The van der Waals surface area contributed by atoms with Crippen molar-refractivity contribution in [3.8, 4) is 0 Å². The number of hydrogen-bond donors (Lipinski definition) is 1. The van der Waals surface area contributed by atoms with Gasteiger partial charge in [0.05, 0.1) is 16.7 Å². The van der Waals surface area contributed by atoms with Gasteiger partial charge in [0.2, 0.25) is 5.91 Å². The molecule has 0 unspecified atom stereocenters. The minimum atomic E-state index is -0.355. The van der Waals surface area contributed by atoms with Crippen LogP contribution in [-0.2, 0) is 20.9 Å². The molecule has 34 heavy (non-hydrogen) atoms. The summed E-state index contributed by atoms with van der Waals surface area (Å²) >= 11 is 4.42. The predicted octanol–water partition coefficient (Wildman–Crippen LogP) is 4.94. The van der Waals surface area contributed by atoms with Gasteiger partial charge in [0.1, 0.15) is 6.54 Å². The van der Waals surface area contributed by atoms with Crippen molar-refractivity contribution >= 4 is 67.4 Å². The fraction of sp³-hybridized carbons (Fsp3) is 0.240. The maximum Gasteiger partial charge on any atom is 0.298 e. The Kier molecular flexibility index (Phi) is 6.58. The zero-order valence-corrected chi connectivity index (χ0v) is 20.6. The van der Waals surface area contributed by atoms with Crippen molar-refractivity contribution in [3.05, 3.63) is 69.7 Å². The molecule has 5 rings (SSSR count). The van der Waals surface area contributed by atoms with Gasteiger partial charge in [0.15, 0.2) is 0 Å². The average molecular weight is 540 g/mol. The van der Waals surface area contributed by atoms with Crippen LogP contribution in [0, 0.1) is 0 Å². The van der Waals surface area contributed by atoms with E-state index in [1.54, 1.807) is 30.3 Å². The normalized spacial score (nSPS) is 19.5. The van der Waals surface area contributed by atoms with E-state index in [1.165, 1.54) is 4.90 Å². The van der Waals surface area contributed by atoms with Crippen LogP contribution >= 0.6 is 27.7 Å². The number of rotatable bonds is 6. The molecule has 0 aliphatic carbocycles. The lowest BCUT2D eigenvalue weighted by molar-refractivity contribution is -0.122. The number of benzene rings is 2. The molecule has 9 heteroatoms. The monoisotopic (exact) mass is 539 g/mol. The SMILES string of the molecule is O=C(Cn1cc(/C=C2\SC(=O)N(c3ccccc3)C2=O)c2cc(Br)ccc21)NC[C@H]1CCCO1. The van der Waals surface area contributed by atoms with Crippen molar-refractivity contribution in [2.75, 3.05) is 18.1 Å². The van der Waals surface area contributed by atoms with E-state index in [-0.39, 0.29) is 29.7 Å². The molecule has 1 atom stereocenters. The van der Waals surface area contributed by atoms with E-state index >= 15 is 0 Å². The summed E-state index contributed by atoms with van der Waals surface area (Å²) < 4.78 is 8.32. The number of anilines is 1. The number of ether oxygens (including phenoxy) is 1. The van der Waals surface area contributed by atoms with Crippen molar-refractivity contribution in [1.82, 2.24) is 9.88 Å². The van der Waals surface area contributed by atoms with Crippen LogP contribution in [-0.4, -0.2) is 40.9 Å². The summed E-state index contributed by atoms with van der Waals surface area (Å²) in [5, 5.41) is 3.50. The van der Waals surface area contributed by atoms with Crippen molar-refractivity contribution < 1.29 is 19.1 Å². The van der Waals surface area contributed by atoms with E-state index in [9.17, 15) is 14.4 Å². The van der Waals surface area contributed by atoms with Gasteiger partial charge >= 0.3 is 0 Å². The Labute approximate surface area is 209 Å². The third kappa shape index (κ3) is 4.68. The summed E-state index contributed by atoms with van der Waals surface area (Å²) in [5.74, 6) is -0.460. The molecule has 3 aromatic rings. The second-order valence-electron chi connectivity index (χ2n) is 8.17. The number of para-hydroxylation sites is 1. The number of halogens is 1. The zero-order chi connectivity index (χ0) is 23.7. The van der Waals surface area contributed by atoms with Crippen molar-refractivity contribution in [2.24, 2.45) is 0 Å². The Morgan fingerprint density at radius 2 is 2.03 bits per heavy atom. The molecule has 3 amide bonds. The molecule has 7 nitrogen and oxygen atoms in total. The lowest BCUT2D eigenvalue weighted by atomic mass is 10.1. The summed E-state index contributed by atoms with van der Waals surface area (Å²) in [5.41, 5.74) is 2.17. The molecule has 2 aromatic carbocycles. The highest BCUT2D eigenvalue weighted by Crippen LogP contribution is 2.37. The molecule has 0 saturated carbocycles. The van der Waals surface area contributed by atoms with Gasteiger partial charge < -0.3 is 14.6 Å². The van der Waals surface area contributed by atoms with Gasteiger partial charge in [-0.25, -0.2) is 4.90 Å². The van der Waals surface area contributed by atoms with Gasteiger partial charge in [-0.3, -0.25) is 14.4 Å². The van der Waals surface area contributed by atoms with Gasteiger partial charge in [-0.1, -0.05) is 34.1 Å². The third-order valence-corrected chi connectivity index (χ3v) is 7.20. The van der Waals surface area contributed by atoms with E-state index in [2.05, 4.69) is 21.2 Å². The first-order valence-corrected chi connectivity index (χ1v) is 12.6. The fourth-order valence-electron chi connectivity index (χ4n) is 4.19. The van der Waals surface area contributed by atoms with Gasteiger partial charge in [-0.15, -0.1) is 0 Å². The first-order chi connectivity index (χ1) is 16.5. The molecular weight excluding hydrogens is 518 g/mol. The van der Waals surface area contributed by atoms with Crippen LogP contribution in [0.4, 0.5) is 10.5 Å². The number of fused-ring (bicyclic) bond motifs is 1.